The SMILES string of the molecule is COc1cccc(C(=O)O)c1CN1C(=O)[C@@](C)(c2ccc3c(c2)CCC(C)(C)O3)c2cc(Cl)ccc21. The van der Waals surface area contributed by atoms with Crippen LogP contribution in [0.25, 0.3) is 0 Å². The first-order valence-corrected chi connectivity index (χ1v) is 12.3. The normalized spacial score (nSPS) is 19.9. The molecule has 0 radical (unpaired) electrons. The van der Waals surface area contributed by atoms with Gasteiger partial charge in [0.25, 0.3) is 0 Å². The Morgan fingerprint density at radius 3 is 2.64 bits per heavy atom. The molecule has 3 aromatic rings. The minimum absolute atomic E-state index is 0.0525. The zero-order chi connectivity index (χ0) is 25.8. The van der Waals surface area contributed by atoms with Crippen molar-refractivity contribution in [3.05, 3.63) is 87.4 Å². The molecule has 0 aliphatic carbocycles. The quantitative estimate of drug-likeness (QED) is 0.460. The Labute approximate surface area is 215 Å². The maximum absolute atomic E-state index is 14.2. The Morgan fingerprint density at radius 1 is 1.14 bits per heavy atom. The van der Waals surface area contributed by atoms with Crippen molar-refractivity contribution in [1.29, 1.82) is 0 Å². The number of anilines is 1. The monoisotopic (exact) mass is 505 g/mol. The minimum Gasteiger partial charge on any atom is -0.496 e. The smallest absolute Gasteiger partial charge is 0.336 e. The van der Waals surface area contributed by atoms with Gasteiger partial charge in [0, 0.05) is 16.3 Å². The Balaban J connectivity index is 1.62. The highest BCUT2D eigenvalue weighted by Crippen LogP contribution is 2.49. The zero-order valence-corrected chi connectivity index (χ0v) is 21.5. The number of carboxylic acid groups (broad SMARTS) is 1. The van der Waals surface area contributed by atoms with Gasteiger partial charge in [0.15, 0.2) is 0 Å². The van der Waals surface area contributed by atoms with Gasteiger partial charge >= 0.3 is 5.97 Å². The number of aromatic carboxylic acids is 1. The maximum Gasteiger partial charge on any atom is 0.336 e. The molecule has 0 saturated carbocycles. The molecule has 36 heavy (non-hydrogen) atoms. The standard InChI is InChI=1S/C29H28ClNO5/c1-28(2)13-12-17-14-18(8-11-24(17)36-28)29(3)22-15-19(30)9-10-23(22)31(27(29)34)16-21-20(26(32)33)6-5-7-25(21)35-4/h5-11,14-15H,12-13,16H2,1-4H3,(H,32,33)/t29-/m0/s1. The van der Waals surface area contributed by atoms with Crippen LogP contribution in [0.4, 0.5) is 5.69 Å². The van der Waals surface area contributed by atoms with Crippen LogP contribution < -0.4 is 14.4 Å². The molecule has 0 unspecified atom stereocenters. The Bertz CT molecular complexity index is 1400. The molecule has 0 bridgehead atoms. The molecule has 2 aliphatic heterocycles. The number of carbonyl (C=O) groups excluding carboxylic acids is 1. The highest BCUT2D eigenvalue weighted by molar-refractivity contribution is 6.31. The number of ether oxygens (including phenoxy) is 2. The average molecular weight is 506 g/mol. The predicted octanol–water partition coefficient (Wildman–Crippen LogP) is 6.00. The topological polar surface area (TPSA) is 76.1 Å². The van der Waals surface area contributed by atoms with Crippen LogP contribution in [0.2, 0.25) is 5.02 Å². The number of carboxylic acids is 1. The number of amides is 1. The van der Waals surface area contributed by atoms with Crippen LogP contribution in [-0.2, 0) is 23.2 Å². The third-order valence-corrected chi connectivity index (χ3v) is 7.62. The lowest BCUT2D eigenvalue weighted by Crippen LogP contribution is -2.39. The molecule has 0 fully saturated rings. The zero-order valence-electron chi connectivity index (χ0n) is 20.7. The van der Waals surface area contributed by atoms with Crippen LogP contribution in [0.1, 0.15) is 59.8 Å². The van der Waals surface area contributed by atoms with Gasteiger partial charge in [0.1, 0.15) is 17.1 Å². The molecule has 1 amide bonds. The summed E-state index contributed by atoms with van der Waals surface area (Å²) in [6.45, 7) is 6.10. The van der Waals surface area contributed by atoms with Crippen molar-refractivity contribution in [3.63, 3.8) is 0 Å². The van der Waals surface area contributed by atoms with E-state index < -0.39 is 11.4 Å². The molecule has 186 valence electrons. The fourth-order valence-corrected chi connectivity index (χ4v) is 5.49. The van der Waals surface area contributed by atoms with E-state index in [4.69, 9.17) is 21.1 Å². The minimum atomic E-state index is -1.08. The summed E-state index contributed by atoms with van der Waals surface area (Å²) in [6.07, 6.45) is 1.74. The number of nitrogens with zero attached hydrogens (tertiary/aromatic N) is 1. The van der Waals surface area contributed by atoms with Crippen LogP contribution in [-0.4, -0.2) is 29.7 Å². The first-order chi connectivity index (χ1) is 17.0. The largest absolute Gasteiger partial charge is 0.496 e. The lowest BCUT2D eigenvalue weighted by atomic mass is 9.76. The van der Waals surface area contributed by atoms with Crippen molar-refractivity contribution in [1.82, 2.24) is 0 Å². The summed E-state index contributed by atoms with van der Waals surface area (Å²) in [4.78, 5) is 27.8. The highest BCUT2D eigenvalue weighted by atomic mass is 35.5. The summed E-state index contributed by atoms with van der Waals surface area (Å²) >= 11 is 6.41. The van der Waals surface area contributed by atoms with Gasteiger partial charge < -0.3 is 19.5 Å². The van der Waals surface area contributed by atoms with E-state index in [-0.39, 0.29) is 23.6 Å². The molecule has 3 aromatic carbocycles. The number of carbonyl (C=O) groups is 2. The van der Waals surface area contributed by atoms with Crippen molar-refractivity contribution in [2.45, 2.75) is 51.2 Å². The molecule has 0 spiro atoms. The van der Waals surface area contributed by atoms with E-state index in [1.54, 1.807) is 23.1 Å². The van der Waals surface area contributed by atoms with Crippen LogP contribution >= 0.6 is 11.6 Å². The van der Waals surface area contributed by atoms with Gasteiger partial charge in [-0.2, -0.15) is 0 Å². The fraction of sp³-hybridized carbons (Fsp3) is 0.310. The van der Waals surface area contributed by atoms with Gasteiger partial charge in [-0.1, -0.05) is 29.8 Å². The number of hydrogen-bond donors (Lipinski definition) is 1. The van der Waals surface area contributed by atoms with Gasteiger partial charge in [0.2, 0.25) is 5.91 Å². The summed E-state index contributed by atoms with van der Waals surface area (Å²) in [7, 11) is 1.49. The molecule has 0 aromatic heterocycles. The van der Waals surface area contributed by atoms with Gasteiger partial charge in [-0.05, 0) is 86.7 Å². The molecule has 1 N–H and O–H groups in total. The molecule has 0 saturated heterocycles. The Kier molecular flexibility index (Phi) is 5.75. The Hall–Kier alpha value is -3.51. The number of fused-ring (bicyclic) bond motifs is 2. The Morgan fingerprint density at radius 2 is 1.92 bits per heavy atom. The van der Waals surface area contributed by atoms with Crippen molar-refractivity contribution in [3.8, 4) is 11.5 Å². The van der Waals surface area contributed by atoms with E-state index in [0.29, 0.717) is 22.0 Å². The summed E-state index contributed by atoms with van der Waals surface area (Å²) in [5, 5.41) is 10.3. The maximum atomic E-state index is 14.2. The lowest BCUT2D eigenvalue weighted by molar-refractivity contribution is -0.121. The van der Waals surface area contributed by atoms with E-state index in [2.05, 4.69) is 19.9 Å². The van der Waals surface area contributed by atoms with Crippen LogP contribution in [0.5, 0.6) is 11.5 Å². The third kappa shape index (κ3) is 3.80. The van der Waals surface area contributed by atoms with Gasteiger partial charge in [0.05, 0.1) is 24.6 Å². The van der Waals surface area contributed by atoms with Gasteiger partial charge in [-0.15, -0.1) is 0 Å². The van der Waals surface area contributed by atoms with E-state index in [1.165, 1.54) is 13.2 Å². The first kappa shape index (κ1) is 24.2. The first-order valence-electron chi connectivity index (χ1n) is 11.9. The summed E-state index contributed by atoms with van der Waals surface area (Å²) < 4.78 is 11.6. The second-order valence-corrected chi connectivity index (χ2v) is 10.6. The van der Waals surface area contributed by atoms with Crippen molar-refractivity contribution in [2.75, 3.05) is 12.0 Å². The van der Waals surface area contributed by atoms with Crippen molar-refractivity contribution >= 4 is 29.2 Å². The number of rotatable bonds is 5. The number of benzene rings is 3. The number of halogens is 1. The predicted molar refractivity (Wildman–Crippen MR) is 139 cm³/mol. The van der Waals surface area contributed by atoms with Gasteiger partial charge in [-0.3, -0.25) is 4.79 Å². The van der Waals surface area contributed by atoms with Crippen LogP contribution in [0, 0.1) is 0 Å². The van der Waals surface area contributed by atoms with Crippen LogP contribution in [0.15, 0.2) is 54.6 Å². The molecule has 2 heterocycles. The molecule has 1 atom stereocenters. The fourth-order valence-electron chi connectivity index (χ4n) is 5.32. The van der Waals surface area contributed by atoms with Gasteiger partial charge in [-0.25, -0.2) is 4.79 Å². The number of aryl methyl sites for hydroxylation is 1. The van der Waals surface area contributed by atoms with E-state index in [1.807, 2.05) is 31.2 Å². The van der Waals surface area contributed by atoms with Crippen molar-refractivity contribution in [2.24, 2.45) is 0 Å². The number of methoxy groups -OCH3 is 1. The van der Waals surface area contributed by atoms with E-state index >= 15 is 0 Å². The summed E-state index contributed by atoms with van der Waals surface area (Å²) in [5.41, 5.74) is 2.70. The average Bonchev–Trinajstić information content (AvgIpc) is 3.05. The molecule has 2 aliphatic rings. The number of hydrogen-bond acceptors (Lipinski definition) is 4. The summed E-state index contributed by atoms with van der Waals surface area (Å²) in [6, 6.07) is 16.2. The van der Waals surface area contributed by atoms with E-state index in [9.17, 15) is 14.7 Å². The van der Waals surface area contributed by atoms with Crippen LogP contribution in [0.3, 0.4) is 0 Å². The molecule has 5 rings (SSSR count). The molecular weight excluding hydrogens is 478 g/mol. The molecule has 6 nitrogen and oxygen atoms in total. The molecule has 7 heteroatoms. The third-order valence-electron chi connectivity index (χ3n) is 7.38. The second-order valence-electron chi connectivity index (χ2n) is 10.2. The highest BCUT2D eigenvalue weighted by Gasteiger charge is 2.49. The second kappa shape index (κ2) is 8.56. The van der Waals surface area contributed by atoms with E-state index in [0.717, 1.165) is 35.3 Å². The lowest BCUT2D eigenvalue weighted by Gasteiger charge is -2.34. The summed E-state index contributed by atoms with van der Waals surface area (Å²) in [5.74, 6) is 0.0268. The molecular formula is C29H28ClNO5. The van der Waals surface area contributed by atoms with Crippen molar-refractivity contribution < 1.29 is 24.2 Å².